The maximum absolute atomic E-state index is 11.2. The van der Waals surface area contributed by atoms with Crippen molar-refractivity contribution < 1.29 is 19.7 Å². The standard InChI is InChI=1S/C19H25N3O4/c20-19(25)16-10-15(5-6-17(16)23)18(24)12-22-7-1-2-9-26-13-14-4-3-8-21-11-14/h3-6,8,10-11,18,22-24H,1-2,7,9,12-13H2,(H2,20,25). The highest BCUT2D eigenvalue weighted by atomic mass is 16.5. The molecule has 1 aromatic carbocycles. The third-order valence-corrected chi connectivity index (χ3v) is 3.89. The van der Waals surface area contributed by atoms with E-state index in [1.807, 2.05) is 12.1 Å². The largest absolute Gasteiger partial charge is 0.507 e. The predicted octanol–water partition coefficient (Wildman–Crippen LogP) is 1.51. The Bertz CT molecular complexity index is 694. The Labute approximate surface area is 152 Å². The summed E-state index contributed by atoms with van der Waals surface area (Å²) in [6.07, 6.45) is 4.57. The highest BCUT2D eigenvalue weighted by molar-refractivity contribution is 5.95. The van der Waals surface area contributed by atoms with Gasteiger partial charge in [0.1, 0.15) is 5.75 Å². The van der Waals surface area contributed by atoms with Crippen molar-refractivity contribution in [2.45, 2.75) is 25.6 Å². The van der Waals surface area contributed by atoms with Crippen LogP contribution in [0.15, 0.2) is 42.7 Å². The van der Waals surface area contributed by atoms with Crippen LogP contribution in [0, 0.1) is 0 Å². The van der Waals surface area contributed by atoms with Crippen molar-refractivity contribution in [3.8, 4) is 5.75 Å². The lowest BCUT2D eigenvalue weighted by atomic mass is 10.0. The number of aliphatic hydroxyl groups excluding tert-OH is 1. The number of nitrogens with zero attached hydrogens (tertiary/aromatic N) is 1. The van der Waals surface area contributed by atoms with E-state index in [0.29, 0.717) is 25.3 Å². The van der Waals surface area contributed by atoms with E-state index in [0.717, 1.165) is 24.9 Å². The molecule has 1 aromatic heterocycles. The van der Waals surface area contributed by atoms with Crippen molar-refractivity contribution in [3.63, 3.8) is 0 Å². The molecule has 0 aliphatic carbocycles. The van der Waals surface area contributed by atoms with Gasteiger partial charge >= 0.3 is 0 Å². The summed E-state index contributed by atoms with van der Waals surface area (Å²) in [5, 5.41) is 22.9. The van der Waals surface area contributed by atoms with Crippen LogP contribution in [0.3, 0.4) is 0 Å². The number of pyridine rings is 1. The Kier molecular flexibility index (Phi) is 8.01. The molecular formula is C19H25N3O4. The number of hydrogen-bond donors (Lipinski definition) is 4. The monoisotopic (exact) mass is 359 g/mol. The van der Waals surface area contributed by atoms with E-state index in [1.54, 1.807) is 18.5 Å². The van der Waals surface area contributed by atoms with E-state index in [2.05, 4.69) is 10.3 Å². The van der Waals surface area contributed by atoms with Crippen molar-refractivity contribution >= 4 is 5.91 Å². The van der Waals surface area contributed by atoms with Crippen molar-refractivity contribution in [1.29, 1.82) is 0 Å². The van der Waals surface area contributed by atoms with Gasteiger partial charge in [0, 0.05) is 25.5 Å². The zero-order valence-electron chi connectivity index (χ0n) is 14.6. The Balaban J connectivity index is 1.59. The zero-order valence-corrected chi connectivity index (χ0v) is 14.6. The van der Waals surface area contributed by atoms with Gasteiger partial charge in [-0.3, -0.25) is 9.78 Å². The predicted molar refractivity (Wildman–Crippen MR) is 97.6 cm³/mol. The van der Waals surface area contributed by atoms with Gasteiger partial charge in [0.25, 0.3) is 5.91 Å². The van der Waals surface area contributed by atoms with Gasteiger partial charge in [-0.25, -0.2) is 0 Å². The average molecular weight is 359 g/mol. The lowest BCUT2D eigenvalue weighted by molar-refractivity contribution is 0.0997. The van der Waals surface area contributed by atoms with Gasteiger partial charge in [0.05, 0.1) is 18.3 Å². The maximum atomic E-state index is 11.2. The number of amides is 1. The number of ether oxygens (including phenoxy) is 1. The van der Waals surface area contributed by atoms with Crippen LogP contribution in [-0.2, 0) is 11.3 Å². The number of unbranched alkanes of at least 4 members (excludes halogenated alkanes) is 1. The Morgan fingerprint density at radius 1 is 1.31 bits per heavy atom. The smallest absolute Gasteiger partial charge is 0.252 e. The van der Waals surface area contributed by atoms with Gasteiger partial charge in [0.15, 0.2) is 0 Å². The van der Waals surface area contributed by atoms with E-state index in [4.69, 9.17) is 10.5 Å². The molecule has 2 rings (SSSR count). The van der Waals surface area contributed by atoms with Gasteiger partial charge < -0.3 is 26.0 Å². The summed E-state index contributed by atoms with van der Waals surface area (Å²) in [7, 11) is 0. The number of carbonyl (C=O) groups is 1. The van der Waals surface area contributed by atoms with Crippen LogP contribution in [0.5, 0.6) is 5.75 Å². The normalized spacial score (nSPS) is 12.0. The third kappa shape index (κ3) is 6.44. The van der Waals surface area contributed by atoms with Crippen LogP contribution in [0.1, 0.15) is 40.4 Å². The SMILES string of the molecule is NC(=O)c1cc(C(O)CNCCCCOCc2cccnc2)ccc1O. The average Bonchev–Trinajstić information content (AvgIpc) is 2.64. The molecule has 0 spiro atoms. The highest BCUT2D eigenvalue weighted by Crippen LogP contribution is 2.21. The first-order valence-corrected chi connectivity index (χ1v) is 8.56. The van der Waals surface area contributed by atoms with E-state index in [1.165, 1.54) is 12.1 Å². The first-order valence-electron chi connectivity index (χ1n) is 8.56. The van der Waals surface area contributed by atoms with E-state index in [-0.39, 0.29) is 11.3 Å². The quantitative estimate of drug-likeness (QED) is 0.452. The van der Waals surface area contributed by atoms with E-state index in [9.17, 15) is 15.0 Å². The minimum Gasteiger partial charge on any atom is -0.507 e. The van der Waals surface area contributed by atoms with Crippen LogP contribution in [0.2, 0.25) is 0 Å². The van der Waals surface area contributed by atoms with Crippen LogP contribution >= 0.6 is 0 Å². The lowest BCUT2D eigenvalue weighted by Crippen LogP contribution is -2.23. The molecule has 140 valence electrons. The molecule has 0 saturated heterocycles. The Morgan fingerprint density at radius 3 is 2.88 bits per heavy atom. The molecule has 0 aliphatic rings. The minimum atomic E-state index is -0.782. The van der Waals surface area contributed by atoms with Gasteiger partial charge in [-0.05, 0) is 48.7 Å². The number of nitrogens with two attached hydrogens (primary N) is 1. The number of hydrogen-bond acceptors (Lipinski definition) is 6. The number of nitrogens with one attached hydrogen (secondary N) is 1. The molecule has 0 bridgehead atoms. The number of carbonyl (C=O) groups excluding carboxylic acids is 1. The van der Waals surface area contributed by atoms with Crippen LogP contribution in [0.4, 0.5) is 0 Å². The molecular weight excluding hydrogens is 334 g/mol. The molecule has 7 nitrogen and oxygen atoms in total. The van der Waals surface area contributed by atoms with Crippen LogP contribution in [-0.4, -0.2) is 40.8 Å². The molecule has 2 aromatic rings. The molecule has 1 heterocycles. The second kappa shape index (κ2) is 10.5. The molecule has 0 saturated carbocycles. The summed E-state index contributed by atoms with van der Waals surface area (Å²) < 4.78 is 5.58. The molecule has 1 unspecified atom stereocenters. The van der Waals surface area contributed by atoms with Gasteiger partial charge in [-0.15, -0.1) is 0 Å². The van der Waals surface area contributed by atoms with Crippen LogP contribution < -0.4 is 11.1 Å². The third-order valence-electron chi connectivity index (χ3n) is 3.89. The van der Waals surface area contributed by atoms with Crippen molar-refractivity contribution in [3.05, 3.63) is 59.4 Å². The zero-order chi connectivity index (χ0) is 18.8. The maximum Gasteiger partial charge on any atom is 0.252 e. The first-order chi connectivity index (χ1) is 12.6. The number of benzene rings is 1. The number of aromatic nitrogens is 1. The fraction of sp³-hybridized carbons (Fsp3) is 0.368. The number of phenols is 1. The van der Waals surface area contributed by atoms with Crippen molar-refractivity contribution in [1.82, 2.24) is 10.3 Å². The fourth-order valence-corrected chi connectivity index (χ4v) is 2.44. The van der Waals surface area contributed by atoms with E-state index >= 15 is 0 Å². The molecule has 7 heteroatoms. The molecule has 26 heavy (non-hydrogen) atoms. The molecule has 1 amide bonds. The minimum absolute atomic E-state index is 0.00677. The summed E-state index contributed by atoms with van der Waals surface area (Å²) in [5.74, 6) is -0.913. The summed E-state index contributed by atoms with van der Waals surface area (Å²) >= 11 is 0. The Hall–Kier alpha value is -2.48. The second-order valence-electron chi connectivity index (χ2n) is 5.98. The van der Waals surface area contributed by atoms with Crippen molar-refractivity contribution in [2.75, 3.05) is 19.7 Å². The van der Waals surface area contributed by atoms with E-state index < -0.39 is 12.0 Å². The first kappa shape index (κ1) is 19.8. The number of primary amides is 1. The number of aliphatic hydroxyl groups is 1. The van der Waals surface area contributed by atoms with Gasteiger partial charge in [0.2, 0.25) is 0 Å². The lowest BCUT2D eigenvalue weighted by Gasteiger charge is -2.13. The van der Waals surface area contributed by atoms with Gasteiger partial charge in [-0.2, -0.15) is 0 Å². The molecule has 0 radical (unpaired) electrons. The topological polar surface area (TPSA) is 118 Å². The molecule has 1 atom stereocenters. The second-order valence-corrected chi connectivity index (χ2v) is 5.98. The van der Waals surface area contributed by atoms with Crippen molar-refractivity contribution in [2.24, 2.45) is 5.73 Å². The summed E-state index contributed by atoms with van der Waals surface area (Å²) in [6.45, 7) is 2.32. The summed E-state index contributed by atoms with van der Waals surface area (Å²) in [5.41, 5.74) is 6.78. The fourth-order valence-electron chi connectivity index (χ4n) is 2.44. The van der Waals surface area contributed by atoms with Crippen LogP contribution in [0.25, 0.3) is 0 Å². The number of rotatable bonds is 11. The summed E-state index contributed by atoms with van der Waals surface area (Å²) in [6, 6.07) is 8.20. The number of aromatic hydroxyl groups is 1. The molecule has 5 N–H and O–H groups in total. The highest BCUT2D eigenvalue weighted by Gasteiger charge is 2.13. The Morgan fingerprint density at radius 2 is 2.15 bits per heavy atom. The molecule has 0 aliphatic heterocycles. The van der Waals surface area contributed by atoms with Gasteiger partial charge in [-0.1, -0.05) is 12.1 Å². The molecule has 0 fully saturated rings. The summed E-state index contributed by atoms with van der Waals surface area (Å²) in [4.78, 5) is 15.3.